The molecule has 0 saturated carbocycles. The molecule has 0 heterocycles. The van der Waals surface area contributed by atoms with Crippen LogP contribution in [0.1, 0.15) is 43.0 Å². The lowest BCUT2D eigenvalue weighted by Crippen LogP contribution is -2.08. The largest absolute Gasteiger partial charge is 0.426 e. The maximum absolute atomic E-state index is 11.4. The van der Waals surface area contributed by atoms with Crippen molar-refractivity contribution < 1.29 is 14.3 Å². The van der Waals surface area contributed by atoms with Crippen LogP contribution in [-0.4, -0.2) is 12.3 Å². The minimum absolute atomic E-state index is 0.275. The Hall–Kier alpha value is -1.64. The summed E-state index contributed by atoms with van der Waals surface area (Å²) in [6, 6.07) is 6.73. The van der Waals surface area contributed by atoms with Gasteiger partial charge in [-0.1, -0.05) is 31.9 Å². The molecule has 0 spiro atoms. The standard InChI is InChI=1S/C13H16O3/c1-2-3-4-9-13(15)16-12-8-6-5-7-11(12)10-14/h5-8,10H,2-4,9H2,1H3. The molecule has 0 amide bonds. The quantitative estimate of drug-likeness (QED) is 0.320. The number of carbonyl (C=O) groups is 2. The number of para-hydroxylation sites is 1. The lowest BCUT2D eigenvalue weighted by molar-refractivity contribution is -0.134. The molecule has 0 radical (unpaired) electrons. The van der Waals surface area contributed by atoms with Crippen molar-refractivity contribution in [2.45, 2.75) is 32.6 Å². The molecule has 0 bridgehead atoms. The highest BCUT2D eigenvalue weighted by Gasteiger charge is 2.07. The monoisotopic (exact) mass is 220 g/mol. The van der Waals surface area contributed by atoms with Gasteiger partial charge in [0.25, 0.3) is 0 Å². The van der Waals surface area contributed by atoms with Gasteiger partial charge in [-0.2, -0.15) is 0 Å². The van der Waals surface area contributed by atoms with Crippen LogP contribution in [0.25, 0.3) is 0 Å². The molecule has 1 aromatic carbocycles. The Balaban J connectivity index is 2.52. The Morgan fingerprint density at radius 3 is 2.75 bits per heavy atom. The first-order chi connectivity index (χ1) is 7.77. The van der Waals surface area contributed by atoms with E-state index < -0.39 is 0 Å². The highest BCUT2D eigenvalue weighted by atomic mass is 16.5. The van der Waals surface area contributed by atoms with E-state index in [2.05, 4.69) is 6.92 Å². The minimum Gasteiger partial charge on any atom is -0.426 e. The molecule has 0 saturated heterocycles. The molecule has 3 heteroatoms. The summed E-state index contributed by atoms with van der Waals surface area (Å²) in [4.78, 5) is 22.1. The SMILES string of the molecule is CCCCCC(=O)Oc1ccccc1C=O. The van der Waals surface area contributed by atoms with Crippen LogP contribution in [0, 0.1) is 0 Å². The van der Waals surface area contributed by atoms with Crippen molar-refractivity contribution in [1.29, 1.82) is 0 Å². The topological polar surface area (TPSA) is 43.4 Å². The van der Waals surface area contributed by atoms with E-state index in [1.807, 2.05) is 0 Å². The molecule has 0 fully saturated rings. The first-order valence-electron chi connectivity index (χ1n) is 5.52. The van der Waals surface area contributed by atoms with Gasteiger partial charge in [0.15, 0.2) is 6.29 Å². The van der Waals surface area contributed by atoms with Gasteiger partial charge in [0, 0.05) is 6.42 Å². The van der Waals surface area contributed by atoms with Crippen LogP contribution >= 0.6 is 0 Å². The predicted octanol–water partition coefficient (Wildman–Crippen LogP) is 2.98. The fourth-order valence-electron chi connectivity index (χ4n) is 1.36. The Kier molecular flexibility index (Phi) is 5.26. The van der Waals surface area contributed by atoms with Gasteiger partial charge in [-0.3, -0.25) is 9.59 Å². The molecular weight excluding hydrogens is 204 g/mol. The van der Waals surface area contributed by atoms with E-state index in [0.717, 1.165) is 19.3 Å². The molecule has 86 valence electrons. The number of ether oxygens (including phenoxy) is 1. The van der Waals surface area contributed by atoms with E-state index >= 15 is 0 Å². The van der Waals surface area contributed by atoms with E-state index in [0.29, 0.717) is 24.0 Å². The number of aldehydes is 1. The number of hydrogen-bond acceptors (Lipinski definition) is 3. The van der Waals surface area contributed by atoms with Crippen LogP contribution in [0.4, 0.5) is 0 Å². The maximum Gasteiger partial charge on any atom is 0.311 e. The molecule has 0 unspecified atom stereocenters. The van der Waals surface area contributed by atoms with E-state index in [1.54, 1.807) is 24.3 Å². The zero-order valence-corrected chi connectivity index (χ0v) is 9.44. The molecule has 1 rings (SSSR count). The normalized spacial score (nSPS) is 9.81. The third-order valence-corrected chi connectivity index (χ3v) is 2.25. The average Bonchev–Trinajstić information content (AvgIpc) is 2.30. The minimum atomic E-state index is -0.275. The number of benzene rings is 1. The fraction of sp³-hybridized carbons (Fsp3) is 0.385. The lowest BCUT2D eigenvalue weighted by atomic mass is 10.2. The second-order valence-corrected chi connectivity index (χ2v) is 3.59. The maximum atomic E-state index is 11.4. The van der Waals surface area contributed by atoms with Crippen LogP contribution < -0.4 is 4.74 Å². The summed E-state index contributed by atoms with van der Waals surface area (Å²) in [5.41, 5.74) is 0.409. The van der Waals surface area contributed by atoms with E-state index in [9.17, 15) is 9.59 Å². The number of unbranched alkanes of at least 4 members (excludes halogenated alkanes) is 2. The van der Waals surface area contributed by atoms with E-state index in [-0.39, 0.29) is 5.97 Å². The summed E-state index contributed by atoms with van der Waals surface area (Å²) in [6.07, 6.45) is 4.01. The highest BCUT2D eigenvalue weighted by Crippen LogP contribution is 2.16. The number of hydrogen-bond donors (Lipinski definition) is 0. The molecule has 0 aliphatic carbocycles. The predicted molar refractivity (Wildman–Crippen MR) is 61.6 cm³/mol. The van der Waals surface area contributed by atoms with Gasteiger partial charge < -0.3 is 4.74 Å². The van der Waals surface area contributed by atoms with Gasteiger partial charge in [0.05, 0.1) is 5.56 Å². The smallest absolute Gasteiger partial charge is 0.311 e. The molecule has 0 aromatic heterocycles. The number of rotatable bonds is 6. The first-order valence-corrected chi connectivity index (χ1v) is 5.52. The highest BCUT2D eigenvalue weighted by molar-refractivity contribution is 5.82. The average molecular weight is 220 g/mol. The van der Waals surface area contributed by atoms with E-state index in [4.69, 9.17) is 4.74 Å². The zero-order chi connectivity index (χ0) is 11.8. The Bertz CT molecular complexity index is 358. The molecule has 1 aromatic rings. The summed E-state index contributed by atoms with van der Waals surface area (Å²) < 4.78 is 5.11. The molecule has 16 heavy (non-hydrogen) atoms. The van der Waals surface area contributed by atoms with Crippen molar-refractivity contribution in [2.24, 2.45) is 0 Å². The molecule has 3 nitrogen and oxygen atoms in total. The number of carbonyl (C=O) groups excluding carboxylic acids is 2. The second-order valence-electron chi connectivity index (χ2n) is 3.59. The Labute approximate surface area is 95.4 Å². The third-order valence-electron chi connectivity index (χ3n) is 2.25. The van der Waals surface area contributed by atoms with Crippen LogP contribution in [0.3, 0.4) is 0 Å². The molecule has 0 atom stereocenters. The van der Waals surface area contributed by atoms with Crippen LogP contribution in [0.5, 0.6) is 5.75 Å². The van der Waals surface area contributed by atoms with Crippen molar-refractivity contribution in [2.75, 3.05) is 0 Å². The summed E-state index contributed by atoms with van der Waals surface area (Å²) in [5, 5.41) is 0. The van der Waals surface area contributed by atoms with Gasteiger partial charge in [0.1, 0.15) is 5.75 Å². The summed E-state index contributed by atoms with van der Waals surface area (Å²) in [5.74, 6) is 0.0711. The summed E-state index contributed by atoms with van der Waals surface area (Å²) >= 11 is 0. The van der Waals surface area contributed by atoms with Crippen molar-refractivity contribution in [3.8, 4) is 5.75 Å². The van der Waals surface area contributed by atoms with Gasteiger partial charge in [0.2, 0.25) is 0 Å². The molecule has 0 aliphatic rings. The van der Waals surface area contributed by atoms with Gasteiger partial charge >= 0.3 is 5.97 Å². The number of esters is 1. The Morgan fingerprint density at radius 1 is 1.31 bits per heavy atom. The van der Waals surface area contributed by atoms with Crippen molar-refractivity contribution in [3.63, 3.8) is 0 Å². The van der Waals surface area contributed by atoms with Crippen LogP contribution in [0.2, 0.25) is 0 Å². The van der Waals surface area contributed by atoms with Crippen molar-refractivity contribution in [1.82, 2.24) is 0 Å². The Morgan fingerprint density at radius 2 is 2.06 bits per heavy atom. The van der Waals surface area contributed by atoms with Crippen molar-refractivity contribution in [3.05, 3.63) is 29.8 Å². The van der Waals surface area contributed by atoms with Gasteiger partial charge in [-0.15, -0.1) is 0 Å². The third kappa shape index (κ3) is 3.85. The van der Waals surface area contributed by atoms with Crippen LogP contribution in [0.15, 0.2) is 24.3 Å². The van der Waals surface area contributed by atoms with Crippen molar-refractivity contribution >= 4 is 12.3 Å². The lowest BCUT2D eigenvalue weighted by Gasteiger charge is -2.05. The van der Waals surface area contributed by atoms with Crippen LogP contribution in [-0.2, 0) is 4.79 Å². The van der Waals surface area contributed by atoms with E-state index in [1.165, 1.54) is 0 Å². The zero-order valence-electron chi connectivity index (χ0n) is 9.44. The van der Waals surface area contributed by atoms with Gasteiger partial charge in [-0.25, -0.2) is 0 Å². The molecular formula is C13H16O3. The first kappa shape index (κ1) is 12.4. The fourth-order valence-corrected chi connectivity index (χ4v) is 1.36. The second kappa shape index (κ2) is 6.77. The molecule has 0 aliphatic heterocycles. The van der Waals surface area contributed by atoms with Gasteiger partial charge in [-0.05, 0) is 18.6 Å². The molecule has 0 N–H and O–H groups in total. The summed E-state index contributed by atoms with van der Waals surface area (Å²) in [7, 11) is 0. The summed E-state index contributed by atoms with van der Waals surface area (Å²) in [6.45, 7) is 2.08.